The maximum atomic E-state index is 12.2. The van der Waals surface area contributed by atoms with Gasteiger partial charge in [0.25, 0.3) is 5.91 Å². The molecule has 2 aromatic carbocycles. The molecule has 0 heterocycles. The third-order valence-corrected chi connectivity index (χ3v) is 3.63. The number of methoxy groups -OCH3 is 2. The predicted octanol–water partition coefficient (Wildman–Crippen LogP) is 3.14. The summed E-state index contributed by atoms with van der Waals surface area (Å²) in [5.41, 5.74) is 7.37. The van der Waals surface area contributed by atoms with Crippen LogP contribution in [0.3, 0.4) is 0 Å². The maximum absolute atomic E-state index is 12.2. The van der Waals surface area contributed by atoms with Crippen LogP contribution in [0.4, 0.5) is 11.4 Å². The average Bonchev–Trinajstić information content (AvgIpc) is 2.49. The molecule has 2 rings (SSSR count). The fraction of sp³-hybridized carbons (Fsp3) is 0.133. The summed E-state index contributed by atoms with van der Waals surface area (Å²) < 4.78 is 11.4. The zero-order valence-corrected chi connectivity index (χ0v) is 13.8. The van der Waals surface area contributed by atoms with Gasteiger partial charge in [0.05, 0.1) is 25.6 Å². The summed E-state index contributed by atoms with van der Waals surface area (Å²) in [6, 6.07) is 10.5. The molecule has 110 valence electrons. The Kier molecular flexibility index (Phi) is 4.89. The molecule has 0 saturated carbocycles. The minimum absolute atomic E-state index is 0.231. The normalized spacial score (nSPS) is 10.0. The second-order valence-corrected chi connectivity index (χ2v) is 5.50. The van der Waals surface area contributed by atoms with Crippen molar-refractivity contribution in [1.29, 1.82) is 0 Å². The standard InChI is InChI=1S/C15H15IN2O3/c1-20-13-7-11(17)12(8-14(13)21-2)18-15(19)9-3-5-10(16)6-4-9/h3-8H,17H2,1-2H3,(H,18,19). The number of ether oxygens (including phenoxy) is 2. The third kappa shape index (κ3) is 3.57. The molecule has 1 amide bonds. The van der Waals surface area contributed by atoms with Crippen molar-refractivity contribution in [2.45, 2.75) is 0 Å². The molecule has 3 N–H and O–H groups in total. The summed E-state index contributed by atoms with van der Waals surface area (Å²) in [5.74, 6) is 0.789. The lowest BCUT2D eigenvalue weighted by Gasteiger charge is -2.13. The first-order valence-electron chi connectivity index (χ1n) is 6.13. The Labute approximate surface area is 136 Å². The second kappa shape index (κ2) is 6.66. The van der Waals surface area contributed by atoms with Crippen LogP contribution in [0.2, 0.25) is 0 Å². The minimum Gasteiger partial charge on any atom is -0.493 e. The van der Waals surface area contributed by atoms with Gasteiger partial charge in [-0.3, -0.25) is 4.79 Å². The van der Waals surface area contributed by atoms with E-state index in [2.05, 4.69) is 27.9 Å². The Hall–Kier alpha value is -1.96. The van der Waals surface area contributed by atoms with Gasteiger partial charge in [-0.15, -0.1) is 0 Å². The van der Waals surface area contributed by atoms with E-state index in [-0.39, 0.29) is 5.91 Å². The van der Waals surface area contributed by atoms with Crippen LogP contribution >= 0.6 is 22.6 Å². The van der Waals surface area contributed by atoms with E-state index in [1.165, 1.54) is 14.2 Å². The zero-order chi connectivity index (χ0) is 15.4. The van der Waals surface area contributed by atoms with Crippen LogP contribution in [0, 0.1) is 3.57 Å². The lowest BCUT2D eigenvalue weighted by molar-refractivity contribution is 0.102. The Balaban J connectivity index is 2.26. The average molecular weight is 398 g/mol. The molecule has 6 heteroatoms. The van der Waals surface area contributed by atoms with Gasteiger partial charge in [-0.05, 0) is 46.9 Å². The van der Waals surface area contributed by atoms with Crippen molar-refractivity contribution in [3.05, 3.63) is 45.5 Å². The fourth-order valence-electron chi connectivity index (χ4n) is 1.80. The lowest BCUT2D eigenvalue weighted by atomic mass is 10.2. The number of rotatable bonds is 4. The monoisotopic (exact) mass is 398 g/mol. The van der Waals surface area contributed by atoms with Gasteiger partial charge >= 0.3 is 0 Å². The van der Waals surface area contributed by atoms with E-state index in [1.807, 2.05) is 12.1 Å². The highest BCUT2D eigenvalue weighted by Crippen LogP contribution is 2.34. The first-order chi connectivity index (χ1) is 10.0. The lowest BCUT2D eigenvalue weighted by Crippen LogP contribution is -2.13. The van der Waals surface area contributed by atoms with Crippen molar-refractivity contribution in [3.8, 4) is 11.5 Å². The van der Waals surface area contributed by atoms with E-state index in [1.54, 1.807) is 24.3 Å². The van der Waals surface area contributed by atoms with Gasteiger partial charge in [-0.25, -0.2) is 0 Å². The summed E-state index contributed by atoms with van der Waals surface area (Å²) in [4.78, 5) is 12.2. The molecule has 0 saturated heterocycles. The van der Waals surface area contributed by atoms with E-state index in [9.17, 15) is 4.79 Å². The van der Waals surface area contributed by atoms with Crippen LogP contribution in [-0.2, 0) is 0 Å². The molecule has 5 nitrogen and oxygen atoms in total. The number of nitrogens with two attached hydrogens (primary N) is 1. The van der Waals surface area contributed by atoms with Gasteiger partial charge in [0.1, 0.15) is 0 Å². The number of hydrogen-bond acceptors (Lipinski definition) is 4. The van der Waals surface area contributed by atoms with Crippen molar-refractivity contribution in [2.75, 3.05) is 25.3 Å². The van der Waals surface area contributed by atoms with Crippen molar-refractivity contribution in [2.24, 2.45) is 0 Å². The third-order valence-electron chi connectivity index (χ3n) is 2.91. The number of carbonyl (C=O) groups is 1. The Morgan fingerprint density at radius 2 is 1.67 bits per heavy atom. The van der Waals surface area contributed by atoms with Gasteiger partial charge < -0.3 is 20.5 Å². The summed E-state index contributed by atoms with van der Waals surface area (Å²) in [7, 11) is 3.06. The van der Waals surface area contributed by atoms with Crippen LogP contribution in [0.25, 0.3) is 0 Å². The molecular formula is C15H15IN2O3. The Morgan fingerprint density at radius 1 is 1.10 bits per heavy atom. The molecule has 0 aliphatic carbocycles. The summed E-state index contributed by atoms with van der Waals surface area (Å²) in [6.07, 6.45) is 0. The van der Waals surface area contributed by atoms with E-state index in [0.29, 0.717) is 28.4 Å². The summed E-state index contributed by atoms with van der Waals surface area (Å²) in [5, 5.41) is 2.77. The molecule has 0 atom stereocenters. The molecule has 0 aliphatic heterocycles. The topological polar surface area (TPSA) is 73.6 Å². The minimum atomic E-state index is -0.231. The van der Waals surface area contributed by atoms with E-state index < -0.39 is 0 Å². The number of hydrogen-bond donors (Lipinski definition) is 2. The number of nitrogen functional groups attached to an aromatic ring is 1. The first-order valence-corrected chi connectivity index (χ1v) is 7.21. The molecule has 0 fully saturated rings. The van der Waals surface area contributed by atoms with Gasteiger partial charge in [0, 0.05) is 21.3 Å². The van der Waals surface area contributed by atoms with Crippen molar-refractivity contribution < 1.29 is 14.3 Å². The quantitative estimate of drug-likeness (QED) is 0.613. The Bertz CT molecular complexity index is 657. The molecular weight excluding hydrogens is 383 g/mol. The van der Waals surface area contributed by atoms with Crippen molar-refractivity contribution in [3.63, 3.8) is 0 Å². The first kappa shape index (κ1) is 15.4. The molecule has 0 spiro atoms. The zero-order valence-electron chi connectivity index (χ0n) is 11.6. The fourth-order valence-corrected chi connectivity index (χ4v) is 2.16. The van der Waals surface area contributed by atoms with Crippen LogP contribution in [0.1, 0.15) is 10.4 Å². The molecule has 0 aliphatic rings. The predicted molar refractivity (Wildman–Crippen MR) is 91.1 cm³/mol. The highest BCUT2D eigenvalue weighted by Gasteiger charge is 2.12. The molecule has 21 heavy (non-hydrogen) atoms. The second-order valence-electron chi connectivity index (χ2n) is 4.26. The van der Waals surface area contributed by atoms with Gasteiger partial charge in [0.15, 0.2) is 11.5 Å². The van der Waals surface area contributed by atoms with E-state index in [0.717, 1.165) is 3.57 Å². The van der Waals surface area contributed by atoms with Crippen molar-refractivity contribution >= 4 is 39.9 Å². The Morgan fingerprint density at radius 3 is 2.24 bits per heavy atom. The largest absolute Gasteiger partial charge is 0.493 e. The number of nitrogens with one attached hydrogen (secondary N) is 1. The molecule has 0 bridgehead atoms. The highest BCUT2D eigenvalue weighted by atomic mass is 127. The number of carbonyl (C=O) groups excluding carboxylic acids is 1. The van der Waals surface area contributed by atoms with Crippen molar-refractivity contribution in [1.82, 2.24) is 0 Å². The number of benzene rings is 2. The summed E-state index contributed by atoms with van der Waals surface area (Å²) >= 11 is 2.18. The van der Waals surface area contributed by atoms with Gasteiger partial charge in [0.2, 0.25) is 0 Å². The van der Waals surface area contributed by atoms with Gasteiger partial charge in [-0.2, -0.15) is 0 Å². The van der Waals surface area contributed by atoms with Gasteiger partial charge in [-0.1, -0.05) is 0 Å². The molecule has 2 aromatic rings. The van der Waals surface area contributed by atoms with Crippen LogP contribution in [0.5, 0.6) is 11.5 Å². The van der Waals surface area contributed by atoms with Crippen LogP contribution in [0.15, 0.2) is 36.4 Å². The summed E-state index contributed by atoms with van der Waals surface area (Å²) in [6.45, 7) is 0. The smallest absolute Gasteiger partial charge is 0.255 e. The maximum Gasteiger partial charge on any atom is 0.255 e. The SMILES string of the molecule is COc1cc(N)c(NC(=O)c2ccc(I)cc2)cc1OC. The molecule has 0 unspecified atom stereocenters. The highest BCUT2D eigenvalue weighted by molar-refractivity contribution is 14.1. The molecule has 0 radical (unpaired) electrons. The van der Waals surface area contributed by atoms with E-state index in [4.69, 9.17) is 15.2 Å². The van der Waals surface area contributed by atoms with Crippen LogP contribution < -0.4 is 20.5 Å². The number of amides is 1. The number of anilines is 2. The number of halogens is 1. The van der Waals surface area contributed by atoms with Crippen LogP contribution in [-0.4, -0.2) is 20.1 Å². The van der Waals surface area contributed by atoms with E-state index >= 15 is 0 Å². The molecule has 0 aromatic heterocycles.